The van der Waals surface area contributed by atoms with Crippen LogP contribution >= 0.6 is 24.0 Å². The van der Waals surface area contributed by atoms with E-state index in [9.17, 15) is 9.59 Å². The van der Waals surface area contributed by atoms with Gasteiger partial charge in [-0.25, -0.2) is 0 Å². The number of nitrogens with two attached hydrogens (primary N) is 1. The molecule has 31 heavy (non-hydrogen) atoms. The molecule has 0 radical (unpaired) electrons. The van der Waals surface area contributed by atoms with Crippen LogP contribution in [0.4, 0.5) is 0 Å². The molecule has 0 aliphatic carbocycles. The van der Waals surface area contributed by atoms with Crippen LogP contribution in [0.25, 0.3) is 0 Å². The van der Waals surface area contributed by atoms with Crippen LogP contribution in [-0.2, 0) is 16.0 Å². The van der Waals surface area contributed by atoms with Crippen LogP contribution in [0.2, 0.25) is 0 Å². The summed E-state index contributed by atoms with van der Waals surface area (Å²) in [4.78, 5) is 32.4. The van der Waals surface area contributed by atoms with Crippen LogP contribution in [0, 0.1) is 11.8 Å². The normalized spacial score (nSPS) is 20.2. The smallest absolute Gasteiger partial charge is 0.241 e. The molecule has 2 aliphatic rings. The lowest BCUT2D eigenvalue weighted by Gasteiger charge is -2.35. The molecule has 7 nitrogen and oxygen atoms in total. The summed E-state index contributed by atoms with van der Waals surface area (Å²) in [5.41, 5.74) is 6.74. The molecule has 2 fully saturated rings. The third-order valence-corrected chi connectivity index (χ3v) is 6.25. The van der Waals surface area contributed by atoms with Crippen molar-refractivity contribution in [2.75, 3.05) is 39.8 Å². The minimum atomic E-state index is -0.254. The van der Waals surface area contributed by atoms with E-state index in [-0.39, 0.29) is 48.3 Å². The number of piperidine rings is 2. The maximum absolute atomic E-state index is 12.7. The fourth-order valence-electron chi connectivity index (χ4n) is 4.64. The van der Waals surface area contributed by atoms with Gasteiger partial charge in [0.15, 0.2) is 5.96 Å². The highest BCUT2D eigenvalue weighted by Gasteiger charge is 2.26. The quantitative estimate of drug-likeness (QED) is 0.329. The van der Waals surface area contributed by atoms with Gasteiger partial charge in [0.2, 0.25) is 11.8 Å². The summed E-state index contributed by atoms with van der Waals surface area (Å²) in [7, 11) is 1.74. The number of hydrogen-bond acceptors (Lipinski definition) is 3. The highest BCUT2D eigenvalue weighted by molar-refractivity contribution is 14.0. The Bertz CT molecular complexity index is 735. The van der Waals surface area contributed by atoms with E-state index in [1.807, 2.05) is 11.0 Å². The summed E-state index contributed by atoms with van der Waals surface area (Å²) >= 11 is 0. The fraction of sp³-hybridized carbons (Fsp3) is 0.609. The Morgan fingerprint density at radius 3 is 2.42 bits per heavy atom. The predicted molar refractivity (Wildman–Crippen MR) is 134 cm³/mol. The number of hydrogen-bond donors (Lipinski definition) is 2. The SMILES string of the molecule is CN=C(NCC(=O)N1CCC(Cc2ccccc2)CC1)N1CCCC(CC(N)=O)C1.I. The number of carbonyl (C=O) groups excluding carboxylic acids is 2. The van der Waals surface area contributed by atoms with Crippen molar-refractivity contribution >= 4 is 41.8 Å². The topological polar surface area (TPSA) is 91.0 Å². The molecule has 2 heterocycles. The number of likely N-dealkylation sites (tertiary alicyclic amines) is 2. The number of halogens is 1. The minimum absolute atomic E-state index is 0. The number of carbonyl (C=O) groups is 2. The van der Waals surface area contributed by atoms with Crippen LogP contribution in [0.1, 0.15) is 37.7 Å². The van der Waals surface area contributed by atoms with Crippen molar-refractivity contribution in [3.8, 4) is 0 Å². The Morgan fingerprint density at radius 2 is 1.77 bits per heavy atom. The second-order valence-corrected chi connectivity index (χ2v) is 8.54. The van der Waals surface area contributed by atoms with E-state index < -0.39 is 0 Å². The van der Waals surface area contributed by atoms with Gasteiger partial charge in [0.25, 0.3) is 0 Å². The molecule has 0 aromatic heterocycles. The second kappa shape index (κ2) is 12.9. The van der Waals surface area contributed by atoms with Gasteiger partial charge in [-0.1, -0.05) is 30.3 Å². The van der Waals surface area contributed by atoms with Gasteiger partial charge in [-0.3, -0.25) is 14.6 Å². The van der Waals surface area contributed by atoms with Crippen molar-refractivity contribution in [3.63, 3.8) is 0 Å². The van der Waals surface area contributed by atoms with E-state index >= 15 is 0 Å². The molecule has 2 amide bonds. The predicted octanol–water partition coefficient (Wildman–Crippen LogP) is 2.25. The molecule has 2 saturated heterocycles. The van der Waals surface area contributed by atoms with E-state index in [1.54, 1.807) is 7.05 Å². The molecule has 3 N–H and O–H groups in total. The monoisotopic (exact) mass is 541 g/mol. The number of benzene rings is 1. The zero-order valence-corrected chi connectivity index (χ0v) is 20.8. The lowest BCUT2D eigenvalue weighted by atomic mass is 9.90. The number of aliphatic imine (C=N–C) groups is 1. The Hall–Kier alpha value is -1.84. The average molecular weight is 541 g/mol. The van der Waals surface area contributed by atoms with E-state index in [1.165, 1.54) is 5.56 Å². The van der Waals surface area contributed by atoms with E-state index in [4.69, 9.17) is 5.73 Å². The number of guanidine groups is 1. The Morgan fingerprint density at radius 1 is 1.06 bits per heavy atom. The summed E-state index contributed by atoms with van der Waals surface area (Å²) in [6, 6.07) is 10.6. The average Bonchev–Trinajstić information content (AvgIpc) is 2.75. The number of rotatable bonds is 6. The largest absolute Gasteiger partial charge is 0.370 e. The maximum atomic E-state index is 12.7. The van der Waals surface area contributed by atoms with Crippen molar-refractivity contribution in [1.82, 2.24) is 15.1 Å². The first-order valence-corrected chi connectivity index (χ1v) is 11.1. The van der Waals surface area contributed by atoms with Gasteiger partial charge in [0.05, 0.1) is 6.54 Å². The minimum Gasteiger partial charge on any atom is -0.370 e. The molecule has 1 atom stereocenters. The van der Waals surface area contributed by atoms with Gasteiger partial charge in [0.1, 0.15) is 0 Å². The summed E-state index contributed by atoms with van der Waals surface area (Å²) in [6.07, 6.45) is 5.61. The van der Waals surface area contributed by atoms with Crippen molar-refractivity contribution < 1.29 is 9.59 Å². The molecule has 1 unspecified atom stereocenters. The number of nitrogens with zero attached hydrogens (tertiary/aromatic N) is 3. The van der Waals surface area contributed by atoms with E-state index in [2.05, 4.69) is 39.5 Å². The zero-order chi connectivity index (χ0) is 21.3. The first-order valence-electron chi connectivity index (χ1n) is 11.1. The third kappa shape index (κ3) is 7.97. The van der Waals surface area contributed by atoms with Crippen LogP contribution < -0.4 is 11.1 Å². The highest BCUT2D eigenvalue weighted by Crippen LogP contribution is 2.22. The molecule has 0 bridgehead atoms. The molecular formula is C23H36IN5O2. The fourth-order valence-corrected chi connectivity index (χ4v) is 4.64. The first-order chi connectivity index (χ1) is 14.5. The van der Waals surface area contributed by atoms with Gasteiger partial charge < -0.3 is 20.9 Å². The Kier molecular flexibility index (Phi) is 10.6. The summed E-state index contributed by atoms with van der Waals surface area (Å²) < 4.78 is 0. The second-order valence-electron chi connectivity index (χ2n) is 8.54. The molecule has 0 spiro atoms. The van der Waals surface area contributed by atoms with Crippen molar-refractivity contribution in [2.45, 2.75) is 38.5 Å². The van der Waals surface area contributed by atoms with Gasteiger partial charge in [0, 0.05) is 39.6 Å². The van der Waals surface area contributed by atoms with Crippen LogP contribution in [0.15, 0.2) is 35.3 Å². The molecule has 1 aromatic carbocycles. The van der Waals surface area contributed by atoms with Gasteiger partial charge in [-0.05, 0) is 49.5 Å². The maximum Gasteiger partial charge on any atom is 0.241 e. The lowest BCUT2D eigenvalue weighted by Crippen LogP contribution is -2.50. The molecule has 1 aromatic rings. The van der Waals surface area contributed by atoms with Gasteiger partial charge >= 0.3 is 0 Å². The van der Waals surface area contributed by atoms with E-state index in [0.717, 1.165) is 64.2 Å². The Labute approximate surface area is 202 Å². The van der Waals surface area contributed by atoms with Crippen molar-refractivity contribution in [1.29, 1.82) is 0 Å². The third-order valence-electron chi connectivity index (χ3n) is 6.25. The van der Waals surface area contributed by atoms with Crippen LogP contribution in [-0.4, -0.2) is 67.3 Å². The zero-order valence-electron chi connectivity index (χ0n) is 18.5. The molecule has 172 valence electrons. The summed E-state index contributed by atoms with van der Waals surface area (Å²) in [5.74, 6) is 1.51. The van der Waals surface area contributed by atoms with Crippen molar-refractivity contribution in [3.05, 3.63) is 35.9 Å². The number of amides is 2. The molecular weight excluding hydrogens is 505 g/mol. The van der Waals surface area contributed by atoms with Crippen LogP contribution in [0.5, 0.6) is 0 Å². The first kappa shape index (κ1) is 25.4. The lowest BCUT2D eigenvalue weighted by molar-refractivity contribution is -0.131. The Balaban J connectivity index is 0.00000341. The summed E-state index contributed by atoms with van der Waals surface area (Å²) in [5, 5.41) is 3.23. The van der Waals surface area contributed by atoms with Gasteiger partial charge in [-0.2, -0.15) is 0 Å². The molecule has 0 saturated carbocycles. The highest BCUT2D eigenvalue weighted by atomic mass is 127. The number of nitrogens with one attached hydrogen (secondary N) is 1. The van der Waals surface area contributed by atoms with Crippen LogP contribution in [0.3, 0.4) is 0 Å². The molecule has 2 aliphatic heterocycles. The van der Waals surface area contributed by atoms with E-state index in [0.29, 0.717) is 12.3 Å². The molecule has 8 heteroatoms. The summed E-state index contributed by atoms with van der Waals surface area (Å²) in [6.45, 7) is 3.53. The standard InChI is InChI=1S/C23H35N5O2.HI/c1-25-23(28-11-5-8-20(17-28)15-21(24)29)26-16-22(30)27-12-9-19(10-13-27)14-18-6-3-2-4-7-18;/h2-4,6-7,19-20H,5,8-17H2,1H3,(H2,24,29)(H,25,26);1H. The number of primary amides is 1. The molecule has 3 rings (SSSR count). The van der Waals surface area contributed by atoms with Crippen molar-refractivity contribution in [2.24, 2.45) is 22.6 Å². The van der Waals surface area contributed by atoms with Gasteiger partial charge in [-0.15, -0.1) is 24.0 Å².